The Balaban J connectivity index is 0.000000316. The van der Waals surface area contributed by atoms with Gasteiger partial charge < -0.3 is 20.7 Å². The molecule has 1 aromatic carbocycles. The summed E-state index contributed by atoms with van der Waals surface area (Å²) in [5, 5.41) is 3.71. The van der Waals surface area contributed by atoms with Crippen LogP contribution in [0.4, 0.5) is 5.69 Å². The van der Waals surface area contributed by atoms with E-state index in [1.54, 1.807) is 6.20 Å². The van der Waals surface area contributed by atoms with Gasteiger partial charge in [0.05, 0.1) is 16.4 Å². The highest BCUT2D eigenvalue weighted by atomic mass is 35.5. The van der Waals surface area contributed by atoms with Crippen molar-refractivity contribution in [1.82, 2.24) is 5.32 Å². The number of rotatable bonds is 3. The van der Waals surface area contributed by atoms with E-state index in [2.05, 4.69) is 37.1 Å². The molecule has 0 atom stereocenters. The Labute approximate surface area is 157 Å². The third kappa shape index (κ3) is 5.55. The number of hydrogen-bond donors (Lipinski definition) is 2. The van der Waals surface area contributed by atoms with Gasteiger partial charge in [0.25, 0.3) is 0 Å². The number of benzene rings is 1. The van der Waals surface area contributed by atoms with E-state index >= 15 is 0 Å². The maximum Gasteiger partial charge on any atom is 0.0646 e. The molecule has 1 aromatic rings. The lowest BCUT2D eigenvalue weighted by atomic mass is 9.84. The molecular formula is C20H32ClN3O. The number of aryl methyl sites for hydroxylation is 1. The number of nitrogens with one attached hydrogen (secondary N) is 1. The zero-order chi connectivity index (χ0) is 18.4. The van der Waals surface area contributed by atoms with E-state index in [1.165, 1.54) is 19.3 Å². The van der Waals surface area contributed by atoms with Crippen LogP contribution in [-0.2, 0) is 4.74 Å². The van der Waals surface area contributed by atoms with Gasteiger partial charge in [-0.25, -0.2) is 0 Å². The lowest BCUT2D eigenvalue weighted by Gasteiger charge is -2.47. The molecule has 3 N–H and O–H groups in total. The number of anilines is 1. The average molecular weight is 366 g/mol. The lowest BCUT2D eigenvalue weighted by molar-refractivity contribution is 0.0968. The van der Waals surface area contributed by atoms with Crippen molar-refractivity contribution in [1.29, 1.82) is 0 Å². The number of nitrogens with zero attached hydrogens (tertiary/aromatic N) is 1. The molecule has 140 valence electrons. The summed E-state index contributed by atoms with van der Waals surface area (Å²) in [6.07, 6.45) is 5.71. The maximum absolute atomic E-state index is 6.40. The van der Waals surface area contributed by atoms with E-state index in [4.69, 9.17) is 22.1 Å². The molecule has 0 radical (unpaired) electrons. The van der Waals surface area contributed by atoms with Crippen LogP contribution in [0.3, 0.4) is 0 Å². The first-order valence-corrected chi connectivity index (χ1v) is 9.48. The van der Waals surface area contributed by atoms with Gasteiger partial charge in [0.2, 0.25) is 0 Å². The first kappa shape index (κ1) is 19.9. The summed E-state index contributed by atoms with van der Waals surface area (Å²) in [6.45, 7) is 10.7. The summed E-state index contributed by atoms with van der Waals surface area (Å²) in [4.78, 5) is 2.32. The van der Waals surface area contributed by atoms with Crippen molar-refractivity contribution in [3.8, 4) is 0 Å². The van der Waals surface area contributed by atoms with Gasteiger partial charge in [0.1, 0.15) is 0 Å². The highest BCUT2D eigenvalue weighted by Crippen LogP contribution is 2.39. The maximum atomic E-state index is 6.40. The predicted octanol–water partition coefficient (Wildman–Crippen LogP) is 4.16. The van der Waals surface area contributed by atoms with E-state index in [0.717, 1.165) is 48.1 Å². The highest BCUT2D eigenvalue weighted by Gasteiger charge is 2.35. The number of ether oxygens (including phenoxy) is 1. The van der Waals surface area contributed by atoms with Gasteiger partial charge in [-0.15, -0.1) is 0 Å². The van der Waals surface area contributed by atoms with Gasteiger partial charge in [-0.05, 0) is 49.3 Å². The molecule has 2 heterocycles. The normalized spacial score (nSPS) is 19.6. The van der Waals surface area contributed by atoms with Crippen LogP contribution in [0, 0.1) is 12.3 Å². The molecular weight excluding hydrogens is 334 g/mol. The average Bonchev–Trinajstić information content (AvgIpc) is 2.56. The minimum atomic E-state index is 0.390. The van der Waals surface area contributed by atoms with Crippen LogP contribution >= 0.6 is 11.6 Å². The Kier molecular flexibility index (Phi) is 7.03. The Bertz CT molecular complexity index is 590. The molecule has 2 saturated heterocycles. The molecule has 4 nitrogen and oxygen atoms in total. The first-order valence-electron chi connectivity index (χ1n) is 9.10. The highest BCUT2D eigenvalue weighted by molar-refractivity contribution is 6.33. The minimum absolute atomic E-state index is 0.390. The summed E-state index contributed by atoms with van der Waals surface area (Å²) in [7, 11) is 1.83. The summed E-state index contributed by atoms with van der Waals surface area (Å²) in [5.74, 6) is 0. The molecule has 25 heavy (non-hydrogen) atoms. The predicted molar refractivity (Wildman–Crippen MR) is 108 cm³/mol. The van der Waals surface area contributed by atoms with Crippen LogP contribution in [-0.4, -0.2) is 33.4 Å². The number of halogens is 1. The molecule has 0 aromatic heterocycles. The van der Waals surface area contributed by atoms with Gasteiger partial charge in [0, 0.05) is 45.1 Å². The molecule has 0 aliphatic carbocycles. The van der Waals surface area contributed by atoms with Crippen molar-refractivity contribution in [2.45, 2.75) is 40.0 Å². The van der Waals surface area contributed by atoms with Crippen LogP contribution in [0.5, 0.6) is 0 Å². The molecule has 5 heteroatoms. The standard InChI is InChI=1S/C15H22ClN3.C5H10O/c1-10-5-14(19-8-15(2,3)9-19)12(16)6-11(10)13(17)7-18-4;1-2-4-6-5-3-1/h5-7,18H,8-9,17H2,1-4H3;1-5H2/b13-7-;. The van der Waals surface area contributed by atoms with E-state index < -0.39 is 0 Å². The fourth-order valence-electron chi connectivity index (χ4n) is 3.30. The Hall–Kier alpha value is -1.39. The van der Waals surface area contributed by atoms with Crippen LogP contribution in [0.25, 0.3) is 5.70 Å². The van der Waals surface area contributed by atoms with Crippen molar-refractivity contribution in [2.24, 2.45) is 11.1 Å². The van der Waals surface area contributed by atoms with Crippen molar-refractivity contribution in [3.05, 3.63) is 34.5 Å². The van der Waals surface area contributed by atoms with Crippen molar-refractivity contribution < 1.29 is 4.74 Å². The zero-order valence-corrected chi connectivity index (χ0v) is 16.7. The van der Waals surface area contributed by atoms with E-state index in [1.807, 2.05) is 13.1 Å². The third-order valence-electron chi connectivity index (χ3n) is 4.56. The molecule has 2 fully saturated rings. The minimum Gasteiger partial charge on any atom is -0.397 e. The van der Waals surface area contributed by atoms with Crippen LogP contribution < -0.4 is 16.0 Å². The molecule has 0 unspecified atom stereocenters. The quantitative estimate of drug-likeness (QED) is 0.844. The van der Waals surface area contributed by atoms with Gasteiger partial charge in [0.15, 0.2) is 0 Å². The number of hydrogen-bond acceptors (Lipinski definition) is 4. The molecule has 0 saturated carbocycles. The van der Waals surface area contributed by atoms with Gasteiger partial charge in [-0.3, -0.25) is 0 Å². The van der Waals surface area contributed by atoms with Crippen molar-refractivity contribution in [3.63, 3.8) is 0 Å². The molecule has 2 aliphatic rings. The second-order valence-corrected chi connectivity index (χ2v) is 8.11. The Morgan fingerprint density at radius 1 is 1.24 bits per heavy atom. The Morgan fingerprint density at radius 3 is 2.32 bits per heavy atom. The summed E-state index contributed by atoms with van der Waals surface area (Å²) >= 11 is 6.40. The van der Waals surface area contributed by atoms with Crippen molar-refractivity contribution >= 4 is 23.0 Å². The fourth-order valence-corrected chi connectivity index (χ4v) is 3.58. The van der Waals surface area contributed by atoms with E-state index in [-0.39, 0.29) is 0 Å². The molecule has 2 aliphatic heterocycles. The SMILES string of the molecule is C1CCOCC1.CN/C=C(\N)c1cc(Cl)c(N2CC(C)(C)C2)cc1C. The molecule has 3 rings (SSSR count). The van der Waals surface area contributed by atoms with Gasteiger partial charge >= 0.3 is 0 Å². The van der Waals surface area contributed by atoms with Crippen LogP contribution in [0.15, 0.2) is 18.3 Å². The molecule has 0 amide bonds. The van der Waals surface area contributed by atoms with Crippen LogP contribution in [0.1, 0.15) is 44.2 Å². The van der Waals surface area contributed by atoms with Crippen LogP contribution in [0.2, 0.25) is 5.02 Å². The molecule has 0 bridgehead atoms. The zero-order valence-electron chi connectivity index (χ0n) is 16.0. The molecule has 0 spiro atoms. The summed E-state index contributed by atoms with van der Waals surface area (Å²) in [6, 6.07) is 4.09. The summed E-state index contributed by atoms with van der Waals surface area (Å²) in [5.41, 5.74) is 10.4. The van der Waals surface area contributed by atoms with Crippen molar-refractivity contribution in [2.75, 3.05) is 38.3 Å². The Morgan fingerprint density at radius 2 is 1.88 bits per heavy atom. The van der Waals surface area contributed by atoms with E-state index in [9.17, 15) is 0 Å². The second-order valence-electron chi connectivity index (χ2n) is 7.70. The topological polar surface area (TPSA) is 50.5 Å². The second kappa shape index (κ2) is 8.81. The summed E-state index contributed by atoms with van der Waals surface area (Å²) < 4.78 is 5.07. The van der Waals surface area contributed by atoms with E-state index in [0.29, 0.717) is 11.1 Å². The smallest absolute Gasteiger partial charge is 0.0646 e. The largest absolute Gasteiger partial charge is 0.397 e. The monoisotopic (exact) mass is 365 g/mol. The third-order valence-corrected chi connectivity index (χ3v) is 4.86. The fraction of sp³-hybridized carbons (Fsp3) is 0.600. The van der Waals surface area contributed by atoms with Gasteiger partial charge in [-0.2, -0.15) is 0 Å². The van der Waals surface area contributed by atoms with Gasteiger partial charge in [-0.1, -0.05) is 25.4 Å². The lowest BCUT2D eigenvalue weighted by Crippen LogP contribution is -2.53. The first-order chi connectivity index (χ1) is 11.8. The number of nitrogens with two attached hydrogens (primary N) is 1.